The Balaban J connectivity index is 1.93. The highest BCUT2D eigenvalue weighted by Gasteiger charge is 2.19. The molecule has 0 saturated heterocycles. The third-order valence-electron chi connectivity index (χ3n) is 3.03. The SMILES string of the molecule is OC(c1ccc2c(c1)OCCCO2)c1ccoc1Br. The summed E-state index contributed by atoms with van der Waals surface area (Å²) < 4.78 is 16.9. The first-order valence-electron chi connectivity index (χ1n) is 6.06. The lowest BCUT2D eigenvalue weighted by Crippen LogP contribution is -2.00. The minimum absolute atomic E-state index is 0.534. The molecule has 1 aliphatic heterocycles. The molecule has 3 rings (SSSR count). The van der Waals surface area contributed by atoms with Gasteiger partial charge in [-0.25, -0.2) is 0 Å². The molecule has 1 aromatic carbocycles. The molecule has 0 fully saturated rings. The zero-order valence-electron chi connectivity index (χ0n) is 10.1. The molecule has 0 saturated carbocycles. The first kappa shape index (κ1) is 12.6. The smallest absolute Gasteiger partial charge is 0.175 e. The number of halogens is 1. The average molecular weight is 325 g/mol. The van der Waals surface area contributed by atoms with Gasteiger partial charge < -0.3 is 19.0 Å². The lowest BCUT2D eigenvalue weighted by molar-refractivity contribution is 0.217. The summed E-state index contributed by atoms with van der Waals surface area (Å²) in [5.41, 5.74) is 1.43. The van der Waals surface area contributed by atoms with Crippen LogP contribution >= 0.6 is 15.9 Å². The molecule has 19 heavy (non-hydrogen) atoms. The minimum Gasteiger partial charge on any atom is -0.490 e. The number of aliphatic hydroxyl groups excluding tert-OH is 1. The lowest BCUT2D eigenvalue weighted by Gasteiger charge is -2.13. The Morgan fingerprint density at radius 2 is 1.89 bits per heavy atom. The van der Waals surface area contributed by atoms with Crippen LogP contribution in [-0.4, -0.2) is 18.3 Å². The second kappa shape index (κ2) is 5.27. The van der Waals surface area contributed by atoms with Gasteiger partial charge in [0.15, 0.2) is 16.2 Å². The third kappa shape index (κ3) is 2.48. The van der Waals surface area contributed by atoms with E-state index in [4.69, 9.17) is 13.9 Å². The Hall–Kier alpha value is -1.46. The summed E-state index contributed by atoms with van der Waals surface area (Å²) >= 11 is 3.27. The summed E-state index contributed by atoms with van der Waals surface area (Å²) in [7, 11) is 0. The zero-order valence-corrected chi connectivity index (χ0v) is 11.7. The van der Waals surface area contributed by atoms with Crippen LogP contribution in [0.5, 0.6) is 11.5 Å². The first-order valence-corrected chi connectivity index (χ1v) is 6.85. The van der Waals surface area contributed by atoms with E-state index in [1.165, 1.54) is 6.26 Å². The van der Waals surface area contributed by atoms with Crippen molar-refractivity contribution in [1.82, 2.24) is 0 Å². The summed E-state index contributed by atoms with van der Waals surface area (Å²) in [6, 6.07) is 7.20. The average Bonchev–Trinajstić information content (AvgIpc) is 2.72. The number of ether oxygens (including phenoxy) is 2. The van der Waals surface area contributed by atoms with Crippen molar-refractivity contribution in [2.24, 2.45) is 0 Å². The van der Waals surface area contributed by atoms with Crippen molar-refractivity contribution in [2.45, 2.75) is 12.5 Å². The molecule has 1 atom stereocenters. The van der Waals surface area contributed by atoms with Gasteiger partial charge in [-0.1, -0.05) is 6.07 Å². The topological polar surface area (TPSA) is 51.8 Å². The Morgan fingerprint density at radius 1 is 1.11 bits per heavy atom. The van der Waals surface area contributed by atoms with Crippen LogP contribution in [0, 0.1) is 0 Å². The second-order valence-corrected chi connectivity index (χ2v) is 5.03. The molecule has 0 radical (unpaired) electrons. The van der Waals surface area contributed by atoms with Crippen molar-refractivity contribution in [2.75, 3.05) is 13.2 Å². The van der Waals surface area contributed by atoms with E-state index in [1.54, 1.807) is 6.07 Å². The largest absolute Gasteiger partial charge is 0.490 e. The maximum Gasteiger partial charge on any atom is 0.175 e. The monoisotopic (exact) mass is 324 g/mol. The van der Waals surface area contributed by atoms with E-state index in [2.05, 4.69) is 15.9 Å². The van der Waals surface area contributed by atoms with Crippen molar-refractivity contribution >= 4 is 15.9 Å². The van der Waals surface area contributed by atoms with Crippen LogP contribution in [0.4, 0.5) is 0 Å². The van der Waals surface area contributed by atoms with Crippen LogP contribution in [-0.2, 0) is 0 Å². The van der Waals surface area contributed by atoms with Gasteiger partial charge in [0.1, 0.15) is 6.10 Å². The number of hydrogen-bond donors (Lipinski definition) is 1. The normalized spacial score (nSPS) is 15.9. The van der Waals surface area contributed by atoms with Gasteiger partial charge in [-0.15, -0.1) is 0 Å². The summed E-state index contributed by atoms with van der Waals surface area (Å²) in [4.78, 5) is 0. The highest BCUT2D eigenvalue weighted by Crippen LogP contribution is 2.35. The zero-order chi connectivity index (χ0) is 13.2. The van der Waals surface area contributed by atoms with E-state index in [-0.39, 0.29) is 0 Å². The molecule has 0 aliphatic carbocycles. The molecule has 0 bridgehead atoms. The Morgan fingerprint density at radius 3 is 2.63 bits per heavy atom. The van der Waals surface area contributed by atoms with Gasteiger partial charge in [0, 0.05) is 12.0 Å². The van der Waals surface area contributed by atoms with E-state index in [9.17, 15) is 5.11 Å². The number of rotatable bonds is 2. The predicted molar refractivity (Wildman–Crippen MR) is 72.5 cm³/mol. The molecule has 1 N–H and O–H groups in total. The van der Waals surface area contributed by atoms with Crippen molar-refractivity contribution in [3.05, 3.63) is 46.3 Å². The summed E-state index contributed by atoms with van der Waals surface area (Å²) in [5, 5.41) is 10.3. The van der Waals surface area contributed by atoms with E-state index in [1.807, 2.05) is 18.2 Å². The Kier molecular flexibility index (Phi) is 3.48. The van der Waals surface area contributed by atoms with Crippen LogP contribution in [0.1, 0.15) is 23.7 Å². The van der Waals surface area contributed by atoms with Crippen LogP contribution in [0.15, 0.2) is 39.6 Å². The summed E-state index contributed by atoms with van der Waals surface area (Å²) in [6.07, 6.45) is 1.64. The van der Waals surface area contributed by atoms with Crippen molar-refractivity contribution in [1.29, 1.82) is 0 Å². The van der Waals surface area contributed by atoms with E-state index >= 15 is 0 Å². The highest BCUT2D eigenvalue weighted by atomic mass is 79.9. The Labute approximate surface area is 119 Å². The van der Waals surface area contributed by atoms with Gasteiger partial charge in [-0.2, -0.15) is 0 Å². The van der Waals surface area contributed by atoms with Crippen LogP contribution in [0.25, 0.3) is 0 Å². The molecular weight excluding hydrogens is 312 g/mol. The molecular formula is C14H13BrO4. The summed E-state index contributed by atoms with van der Waals surface area (Å²) in [5.74, 6) is 1.40. The molecule has 2 heterocycles. The van der Waals surface area contributed by atoms with Gasteiger partial charge in [-0.3, -0.25) is 0 Å². The fourth-order valence-corrected chi connectivity index (χ4v) is 2.49. The van der Waals surface area contributed by atoms with Crippen LogP contribution in [0.3, 0.4) is 0 Å². The molecule has 5 heteroatoms. The van der Waals surface area contributed by atoms with Crippen LogP contribution < -0.4 is 9.47 Å². The molecule has 0 amide bonds. The van der Waals surface area contributed by atoms with Crippen molar-refractivity contribution in [3.63, 3.8) is 0 Å². The van der Waals surface area contributed by atoms with Gasteiger partial charge >= 0.3 is 0 Å². The fraction of sp³-hybridized carbons (Fsp3) is 0.286. The maximum absolute atomic E-state index is 10.3. The quantitative estimate of drug-likeness (QED) is 0.921. The molecule has 100 valence electrons. The number of aliphatic hydroxyl groups is 1. The Bertz CT molecular complexity index is 579. The van der Waals surface area contributed by atoms with E-state index in [0.717, 1.165) is 17.7 Å². The molecule has 1 aromatic heterocycles. The molecule has 2 aromatic rings. The fourth-order valence-electron chi connectivity index (χ4n) is 2.03. The third-order valence-corrected chi connectivity index (χ3v) is 3.67. The van der Waals surface area contributed by atoms with Gasteiger partial charge in [-0.05, 0) is 39.7 Å². The van der Waals surface area contributed by atoms with Gasteiger partial charge in [0.25, 0.3) is 0 Å². The second-order valence-electron chi connectivity index (χ2n) is 4.31. The van der Waals surface area contributed by atoms with Gasteiger partial charge in [0.05, 0.1) is 19.5 Å². The lowest BCUT2D eigenvalue weighted by atomic mass is 10.0. The summed E-state index contributed by atoms with van der Waals surface area (Å²) in [6.45, 7) is 1.28. The highest BCUT2D eigenvalue weighted by molar-refractivity contribution is 9.10. The number of hydrogen-bond acceptors (Lipinski definition) is 4. The first-order chi connectivity index (χ1) is 9.25. The van der Waals surface area contributed by atoms with Crippen molar-refractivity contribution < 1.29 is 19.0 Å². The molecule has 0 spiro atoms. The van der Waals surface area contributed by atoms with Gasteiger partial charge in [0.2, 0.25) is 0 Å². The maximum atomic E-state index is 10.3. The van der Waals surface area contributed by atoms with E-state index in [0.29, 0.717) is 29.2 Å². The van der Waals surface area contributed by atoms with Crippen LogP contribution in [0.2, 0.25) is 0 Å². The van der Waals surface area contributed by atoms with E-state index < -0.39 is 6.10 Å². The number of furan rings is 1. The standard InChI is InChI=1S/C14H13BrO4/c15-14-10(4-7-19-14)13(16)9-2-3-11-12(8-9)18-6-1-5-17-11/h2-4,7-8,13,16H,1,5-6H2. The minimum atomic E-state index is -0.759. The molecule has 4 nitrogen and oxygen atoms in total. The molecule has 1 unspecified atom stereocenters. The molecule has 1 aliphatic rings. The predicted octanol–water partition coefficient (Wildman–Crippen LogP) is 3.29. The van der Waals surface area contributed by atoms with Crippen molar-refractivity contribution in [3.8, 4) is 11.5 Å². The number of benzene rings is 1. The number of fused-ring (bicyclic) bond motifs is 1.